The van der Waals surface area contributed by atoms with Crippen molar-refractivity contribution in [1.29, 1.82) is 0 Å². The molecule has 132 valence electrons. The Hall–Kier alpha value is -1.87. The minimum Gasteiger partial charge on any atom is -0.507 e. The van der Waals surface area contributed by atoms with Crippen molar-refractivity contribution in [2.24, 2.45) is 4.99 Å². The van der Waals surface area contributed by atoms with Gasteiger partial charge in [0.1, 0.15) is 5.75 Å². The Balaban J connectivity index is 2.06. The van der Waals surface area contributed by atoms with Crippen LogP contribution in [0.1, 0.15) is 37.7 Å². The van der Waals surface area contributed by atoms with Crippen LogP contribution >= 0.6 is 0 Å². The van der Waals surface area contributed by atoms with E-state index in [-0.39, 0.29) is 0 Å². The normalized spacial score (nSPS) is 16.4. The van der Waals surface area contributed by atoms with Crippen LogP contribution in [0.2, 0.25) is 19.6 Å². The predicted octanol–water partition coefficient (Wildman–Crippen LogP) is 5.36. The zero-order valence-electron chi connectivity index (χ0n) is 15.6. The van der Waals surface area contributed by atoms with Crippen LogP contribution in [0.3, 0.4) is 0 Å². The Kier molecular flexibility index (Phi) is 5.43. The van der Waals surface area contributed by atoms with Crippen LogP contribution < -0.4 is 5.19 Å². The van der Waals surface area contributed by atoms with E-state index in [4.69, 9.17) is 4.99 Å². The molecular formula is C22H29NOSi. The fraction of sp³-hybridized carbons (Fsp3) is 0.409. The van der Waals surface area contributed by atoms with Crippen molar-refractivity contribution in [3.63, 3.8) is 0 Å². The number of aromatic hydroxyl groups is 1. The van der Waals surface area contributed by atoms with Gasteiger partial charge >= 0.3 is 0 Å². The lowest BCUT2D eigenvalue weighted by Crippen LogP contribution is -2.38. The fourth-order valence-corrected chi connectivity index (χ4v) is 5.05. The lowest BCUT2D eigenvalue weighted by atomic mass is 9.95. The number of nitrogens with zero attached hydrogens (tertiary/aromatic N) is 1. The quantitative estimate of drug-likeness (QED) is 0.584. The predicted molar refractivity (Wildman–Crippen MR) is 111 cm³/mol. The minimum absolute atomic E-state index is 0.410. The largest absolute Gasteiger partial charge is 0.507 e. The lowest BCUT2D eigenvalue weighted by molar-refractivity contribution is 0.444. The van der Waals surface area contributed by atoms with Gasteiger partial charge in [-0.3, -0.25) is 4.99 Å². The van der Waals surface area contributed by atoms with Crippen molar-refractivity contribution >= 4 is 19.5 Å². The molecule has 0 atom stereocenters. The van der Waals surface area contributed by atoms with Gasteiger partial charge in [-0.2, -0.15) is 0 Å². The summed E-state index contributed by atoms with van der Waals surface area (Å²) < 4.78 is 0. The summed E-state index contributed by atoms with van der Waals surface area (Å²) in [6, 6.07) is 15.0. The second kappa shape index (κ2) is 7.57. The molecule has 1 saturated carbocycles. The van der Waals surface area contributed by atoms with E-state index >= 15 is 0 Å². The Morgan fingerprint density at radius 3 is 2.28 bits per heavy atom. The Bertz CT molecular complexity index is 741. The van der Waals surface area contributed by atoms with Crippen LogP contribution in [0.25, 0.3) is 11.1 Å². The average molecular weight is 352 g/mol. The first kappa shape index (κ1) is 17.9. The standard InChI is InChI=1S/C22H29NOSi/c1-25(2,3)21-15-14-19(17-10-6-4-7-11-17)20(22(21)24)16-23-18-12-8-5-9-13-18/h4,6-7,10-11,14-16,18,24H,5,8-9,12-13H2,1-3H3. The molecule has 0 spiro atoms. The molecule has 1 aliphatic carbocycles. The molecule has 1 fully saturated rings. The molecule has 0 radical (unpaired) electrons. The summed E-state index contributed by atoms with van der Waals surface area (Å²) >= 11 is 0. The molecule has 3 heteroatoms. The topological polar surface area (TPSA) is 32.6 Å². The van der Waals surface area contributed by atoms with E-state index in [1.54, 1.807) is 0 Å². The van der Waals surface area contributed by atoms with Crippen molar-refractivity contribution in [2.45, 2.75) is 57.8 Å². The second-order valence-electron chi connectivity index (χ2n) is 8.11. The molecule has 2 aromatic carbocycles. The first-order valence-electron chi connectivity index (χ1n) is 9.42. The van der Waals surface area contributed by atoms with Gasteiger partial charge in [-0.05, 0) is 29.2 Å². The first-order chi connectivity index (χ1) is 12.0. The average Bonchev–Trinajstić information content (AvgIpc) is 2.61. The summed E-state index contributed by atoms with van der Waals surface area (Å²) in [5.74, 6) is 0.431. The lowest BCUT2D eigenvalue weighted by Gasteiger charge is -2.22. The number of hydrogen-bond acceptors (Lipinski definition) is 2. The van der Waals surface area contributed by atoms with Gasteiger partial charge in [-0.1, -0.05) is 81.4 Å². The van der Waals surface area contributed by atoms with Gasteiger partial charge in [0.2, 0.25) is 0 Å². The van der Waals surface area contributed by atoms with Crippen LogP contribution in [0.5, 0.6) is 5.75 Å². The van der Waals surface area contributed by atoms with Crippen LogP contribution in [0, 0.1) is 0 Å². The van der Waals surface area contributed by atoms with E-state index in [2.05, 4.69) is 43.9 Å². The van der Waals surface area contributed by atoms with Gasteiger partial charge in [0, 0.05) is 17.8 Å². The third kappa shape index (κ3) is 4.21. The molecule has 0 unspecified atom stereocenters. The highest BCUT2D eigenvalue weighted by molar-refractivity contribution is 6.89. The number of hydrogen-bond donors (Lipinski definition) is 1. The molecule has 0 bridgehead atoms. The number of rotatable bonds is 4. The maximum absolute atomic E-state index is 11.0. The summed E-state index contributed by atoms with van der Waals surface area (Å²) in [5, 5.41) is 12.1. The van der Waals surface area contributed by atoms with E-state index in [1.807, 2.05) is 24.4 Å². The molecule has 0 saturated heterocycles. The van der Waals surface area contributed by atoms with Crippen molar-refractivity contribution < 1.29 is 5.11 Å². The summed E-state index contributed by atoms with van der Waals surface area (Å²) in [7, 11) is -1.61. The molecule has 0 aromatic heterocycles. The molecule has 2 nitrogen and oxygen atoms in total. The van der Waals surface area contributed by atoms with Gasteiger partial charge in [0.25, 0.3) is 0 Å². The van der Waals surface area contributed by atoms with Gasteiger partial charge in [-0.25, -0.2) is 0 Å². The monoisotopic (exact) mass is 351 g/mol. The molecule has 0 heterocycles. The number of phenols is 1. The molecular weight excluding hydrogens is 322 g/mol. The molecule has 3 rings (SSSR count). The van der Waals surface area contributed by atoms with Gasteiger partial charge < -0.3 is 5.11 Å². The SMILES string of the molecule is C[Si](C)(C)c1ccc(-c2ccccc2)c(C=NC2CCCCC2)c1O. The van der Waals surface area contributed by atoms with Crippen LogP contribution in [0.4, 0.5) is 0 Å². The van der Waals surface area contributed by atoms with Gasteiger partial charge in [-0.15, -0.1) is 0 Å². The highest BCUT2D eigenvalue weighted by Crippen LogP contribution is 2.30. The molecule has 0 amide bonds. The summed E-state index contributed by atoms with van der Waals surface area (Å²) in [4.78, 5) is 4.85. The molecule has 1 N–H and O–H groups in total. The van der Waals surface area contributed by atoms with Crippen LogP contribution in [-0.2, 0) is 0 Å². The van der Waals surface area contributed by atoms with Crippen LogP contribution in [0.15, 0.2) is 47.5 Å². The molecule has 2 aromatic rings. The molecule has 25 heavy (non-hydrogen) atoms. The third-order valence-corrected chi connectivity index (χ3v) is 7.12. The fourth-order valence-electron chi connectivity index (χ4n) is 3.62. The maximum atomic E-state index is 11.0. The minimum atomic E-state index is -1.61. The van der Waals surface area contributed by atoms with Crippen LogP contribution in [-0.4, -0.2) is 25.4 Å². The summed E-state index contributed by atoms with van der Waals surface area (Å²) in [5.41, 5.74) is 3.08. The van der Waals surface area contributed by atoms with Crippen molar-refractivity contribution in [1.82, 2.24) is 0 Å². The van der Waals surface area contributed by atoms with Gasteiger partial charge in [0.05, 0.1) is 8.07 Å². The number of phenolic OH excluding ortho intramolecular Hbond substituents is 1. The third-order valence-electron chi connectivity index (χ3n) is 5.10. The van der Waals surface area contributed by atoms with Crippen molar-refractivity contribution in [3.8, 4) is 16.9 Å². The Morgan fingerprint density at radius 1 is 0.960 bits per heavy atom. The zero-order chi connectivity index (χ0) is 17.9. The van der Waals surface area contributed by atoms with Gasteiger partial charge in [0.15, 0.2) is 0 Å². The summed E-state index contributed by atoms with van der Waals surface area (Å²) in [6.07, 6.45) is 8.16. The highest BCUT2D eigenvalue weighted by atomic mass is 28.3. The van der Waals surface area contributed by atoms with E-state index in [0.717, 1.165) is 21.9 Å². The highest BCUT2D eigenvalue weighted by Gasteiger charge is 2.23. The Labute approximate surface area is 152 Å². The van der Waals surface area contributed by atoms with Crippen molar-refractivity contribution in [3.05, 3.63) is 48.0 Å². The van der Waals surface area contributed by atoms with E-state index in [1.165, 1.54) is 32.1 Å². The number of aliphatic imine (C=N–C) groups is 1. The zero-order valence-corrected chi connectivity index (χ0v) is 16.6. The first-order valence-corrected chi connectivity index (χ1v) is 12.9. The summed E-state index contributed by atoms with van der Waals surface area (Å²) in [6.45, 7) is 6.81. The number of benzene rings is 2. The Morgan fingerprint density at radius 2 is 1.64 bits per heavy atom. The van der Waals surface area contributed by atoms with E-state index < -0.39 is 8.07 Å². The van der Waals surface area contributed by atoms with E-state index in [9.17, 15) is 5.11 Å². The second-order valence-corrected chi connectivity index (χ2v) is 13.1. The van der Waals surface area contributed by atoms with Crippen molar-refractivity contribution in [2.75, 3.05) is 0 Å². The smallest absolute Gasteiger partial charge is 0.124 e. The van der Waals surface area contributed by atoms with E-state index in [0.29, 0.717) is 11.8 Å². The molecule has 0 aliphatic heterocycles. The maximum Gasteiger partial charge on any atom is 0.124 e. The molecule has 1 aliphatic rings.